The molecule has 3 amide bonds. The van der Waals surface area contributed by atoms with Gasteiger partial charge in [0.05, 0.1) is 12.7 Å². The zero-order chi connectivity index (χ0) is 24.8. The predicted molar refractivity (Wildman–Crippen MR) is 130 cm³/mol. The summed E-state index contributed by atoms with van der Waals surface area (Å²) in [6.07, 6.45) is 0.682. The summed E-state index contributed by atoms with van der Waals surface area (Å²) >= 11 is 0. The minimum absolute atomic E-state index is 0.0546. The van der Waals surface area contributed by atoms with Crippen LogP contribution in [0.3, 0.4) is 0 Å². The van der Waals surface area contributed by atoms with Crippen molar-refractivity contribution in [3.8, 4) is 5.75 Å². The quantitative estimate of drug-likeness (QED) is 0.218. The summed E-state index contributed by atoms with van der Waals surface area (Å²) in [6.45, 7) is 7.24. The summed E-state index contributed by atoms with van der Waals surface area (Å²) in [5.41, 5.74) is 2.72. The second-order valence-electron chi connectivity index (χ2n) is 8.14. The van der Waals surface area contributed by atoms with Crippen molar-refractivity contribution >= 4 is 23.6 Å². The minimum atomic E-state index is -0.390. The number of amides is 3. The van der Waals surface area contributed by atoms with Gasteiger partial charge in [-0.15, -0.1) is 0 Å². The third kappa shape index (κ3) is 5.37. The van der Waals surface area contributed by atoms with Gasteiger partial charge in [0.25, 0.3) is 5.91 Å². The van der Waals surface area contributed by atoms with E-state index in [-0.39, 0.29) is 18.0 Å². The average molecular weight is 469 g/mol. The highest BCUT2D eigenvalue weighted by molar-refractivity contribution is 6.06. The number of amidine groups is 1. The van der Waals surface area contributed by atoms with Crippen molar-refractivity contribution in [2.45, 2.75) is 39.8 Å². The maximum absolute atomic E-state index is 13.2. The van der Waals surface area contributed by atoms with Gasteiger partial charge < -0.3 is 26.1 Å². The van der Waals surface area contributed by atoms with Gasteiger partial charge in [0.15, 0.2) is 5.84 Å². The number of aromatic nitrogens is 1. The van der Waals surface area contributed by atoms with Crippen molar-refractivity contribution in [3.63, 3.8) is 0 Å². The van der Waals surface area contributed by atoms with Crippen LogP contribution in [-0.4, -0.2) is 58.9 Å². The number of carbonyl (C=O) groups is 2. The van der Waals surface area contributed by atoms with Gasteiger partial charge in [0.2, 0.25) is 0 Å². The summed E-state index contributed by atoms with van der Waals surface area (Å²) in [7, 11) is 1.52. The first kappa shape index (κ1) is 24.8. The van der Waals surface area contributed by atoms with E-state index < -0.39 is 0 Å². The van der Waals surface area contributed by atoms with Crippen LogP contribution < -0.4 is 27.1 Å². The second-order valence-corrected chi connectivity index (χ2v) is 8.14. The predicted octanol–water partition coefficient (Wildman–Crippen LogP) is 1.63. The molecule has 0 radical (unpaired) electrons. The molecule has 182 valence electrons. The van der Waals surface area contributed by atoms with Crippen LogP contribution in [0.2, 0.25) is 0 Å². The fraction of sp³-hybridized carbons (Fsp3) is 0.391. The Morgan fingerprint density at radius 1 is 1.29 bits per heavy atom. The Bertz CT molecular complexity index is 1090. The molecule has 0 saturated carbocycles. The molecule has 11 heteroatoms. The van der Waals surface area contributed by atoms with Crippen LogP contribution >= 0.6 is 0 Å². The summed E-state index contributed by atoms with van der Waals surface area (Å²) in [4.78, 5) is 31.6. The van der Waals surface area contributed by atoms with E-state index in [1.165, 1.54) is 12.1 Å². The third-order valence-electron chi connectivity index (χ3n) is 5.54. The number of methoxy groups -OCH3 is 1. The smallest absolute Gasteiger partial charge is 0.317 e. The fourth-order valence-corrected chi connectivity index (χ4v) is 3.69. The van der Waals surface area contributed by atoms with Crippen LogP contribution in [-0.2, 0) is 13.0 Å². The van der Waals surface area contributed by atoms with E-state index in [9.17, 15) is 9.59 Å². The van der Waals surface area contributed by atoms with Gasteiger partial charge in [-0.1, -0.05) is 6.07 Å². The lowest BCUT2D eigenvalue weighted by atomic mass is 9.96. The van der Waals surface area contributed by atoms with Gasteiger partial charge in [0.1, 0.15) is 17.3 Å². The maximum Gasteiger partial charge on any atom is 0.317 e. The molecule has 1 aromatic heterocycles. The Balaban J connectivity index is 1.85. The molecule has 0 bridgehead atoms. The highest BCUT2D eigenvalue weighted by atomic mass is 16.5. The van der Waals surface area contributed by atoms with Crippen molar-refractivity contribution < 1.29 is 14.3 Å². The molecule has 1 aliphatic heterocycles. The first-order valence-corrected chi connectivity index (χ1v) is 11.1. The van der Waals surface area contributed by atoms with E-state index in [1.807, 2.05) is 26.8 Å². The van der Waals surface area contributed by atoms with Gasteiger partial charge in [-0.2, -0.15) is 5.10 Å². The summed E-state index contributed by atoms with van der Waals surface area (Å²) < 4.78 is 5.49. The van der Waals surface area contributed by atoms with Crippen molar-refractivity contribution in [1.82, 2.24) is 20.2 Å². The number of nitrogens with one attached hydrogen (secondary N) is 2. The molecule has 0 unspecified atom stereocenters. The zero-order valence-electron chi connectivity index (χ0n) is 20.0. The van der Waals surface area contributed by atoms with Gasteiger partial charge in [-0.3, -0.25) is 9.80 Å². The molecule has 6 N–H and O–H groups in total. The zero-order valence-corrected chi connectivity index (χ0v) is 20.0. The maximum atomic E-state index is 13.2. The topological polar surface area (TPSA) is 151 Å². The largest absolute Gasteiger partial charge is 0.496 e. The number of fused-ring (bicyclic) bond motifs is 1. The van der Waals surface area contributed by atoms with E-state index in [2.05, 4.69) is 20.7 Å². The van der Waals surface area contributed by atoms with Crippen molar-refractivity contribution in [1.29, 1.82) is 0 Å². The Kier molecular flexibility index (Phi) is 7.90. The molecule has 11 nitrogen and oxygen atoms in total. The molecule has 0 aliphatic carbocycles. The molecular weight excluding hydrogens is 436 g/mol. The monoisotopic (exact) mass is 468 g/mol. The molecule has 0 spiro atoms. The highest BCUT2D eigenvalue weighted by Gasteiger charge is 2.24. The molecule has 2 aromatic rings. The van der Waals surface area contributed by atoms with E-state index in [4.69, 9.17) is 16.4 Å². The van der Waals surface area contributed by atoms with Crippen molar-refractivity contribution in [3.05, 3.63) is 52.7 Å². The van der Waals surface area contributed by atoms with Crippen molar-refractivity contribution in [2.75, 3.05) is 25.5 Å². The van der Waals surface area contributed by atoms with E-state index >= 15 is 0 Å². The Labute approximate surface area is 199 Å². The molecule has 2 heterocycles. The first-order valence-electron chi connectivity index (χ1n) is 11.1. The highest BCUT2D eigenvalue weighted by Crippen LogP contribution is 2.28. The number of carbonyl (C=O) groups excluding carboxylic acids is 2. The van der Waals surface area contributed by atoms with Crippen LogP contribution in [0.4, 0.5) is 10.6 Å². The molecule has 0 saturated heterocycles. The molecule has 0 atom stereocenters. The molecule has 1 aromatic carbocycles. The number of rotatable bonds is 6. The van der Waals surface area contributed by atoms with Crippen molar-refractivity contribution in [2.24, 2.45) is 16.8 Å². The number of anilines is 1. The average Bonchev–Trinajstić information content (AvgIpc) is 2.83. The lowest BCUT2D eigenvalue weighted by Gasteiger charge is -2.29. The second kappa shape index (κ2) is 10.8. The normalized spacial score (nSPS) is 13.4. The molecule has 0 fully saturated rings. The molecule has 34 heavy (non-hydrogen) atoms. The molecular formula is C23H32N8O3. The lowest BCUT2D eigenvalue weighted by Crippen LogP contribution is -2.44. The van der Waals surface area contributed by atoms with E-state index in [1.54, 1.807) is 29.2 Å². The van der Waals surface area contributed by atoms with Crippen LogP contribution in [0.5, 0.6) is 5.75 Å². The van der Waals surface area contributed by atoms with Crippen LogP contribution in [0.25, 0.3) is 0 Å². The number of benzene rings is 1. The first-order chi connectivity index (χ1) is 16.3. The number of urea groups is 1. The number of pyridine rings is 1. The number of nitrogens with two attached hydrogens (primary N) is 2. The summed E-state index contributed by atoms with van der Waals surface area (Å²) in [5.74, 6) is 12.2. The Morgan fingerprint density at radius 2 is 2.06 bits per heavy atom. The molecule has 3 rings (SSSR count). The fourth-order valence-electron chi connectivity index (χ4n) is 3.69. The van der Waals surface area contributed by atoms with Gasteiger partial charge in [0, 0.05) is 25.7 Å². The SMILES string of the molecule is CCNC(=O)N1CCc2cc(OC)c(C(=O)Nc3cccc(/C(=N/N)N(N)C(C)C)n3)cc2C1. The number of hydrogen-bond acceptors (Lipinski definition) is 7. The van der Waals surface area contributed by atoms with Crippen LogP contribution in [0, 0.1) is 0 Å². The number of hydrazone groups is 1. The number of hydrazine groups is 1. The van der Waals surface area contributed by atoms with Gasteiger partial charge in [-0.25, -0.2) is 15.6 Å². The standard InChI is InChI=1S/C23H32N8O3/c1-5-26-23(33)30-10-9-15-12-19(34-4)17(11-16(15)13-30)22(32)28-20-8-6-7-18(27-20)21(29-24)31(25)14(2)3/h6-8,11-12,14H,5,9-10,13,24-25H2,1-4H3,(H,26,33)(H,27,28,32)/b29-21-. The van der Waals surface area contributed by atoms with Gasteiger partial charge in [-0.05, 0) is 62.6 Å². The number of hydrogen-bond donors (Lipinski definition) is 4. The number of ether oxygens (including phenoxy) is 1. The van der Waals surface area contributed by atoms with Crippen LogP contribution in [0.1, 0.15) is 48.0 Å². The minimum Gasteiger partial charge on any atom is -0.496 e. The van der Waals surface area contributed by atoms with E-state index in [0.717, 1.165) is 11.1 Å². The summed E-state index contributed by atoms with van der Waals surface area (Å²) in [6, 6.07) is 8.55. The van der Waals surface area contributed by atoms with E-state index in [0.29, 0.717) is 54.7 Å². The van der Waals surface area contributed by atoms with Crippen LogP contribution in [0.15, 0.2) is 35.4 Å². The number of nitrogens with zero attached hydrogens (tertiary/aromatic N) is 4. The Hall–Kier alpha value is -3.86. The molecule has 1 aliphatic rings. The summed E-state index contributed by atoms with van der Waals surface area (Å²) in [5, 5.41) is 10.8. The Morgan fingerprint density at radius 3 is 2.71 bits per heavy atom. The lowest BCUT2D eigenvalue weighted by molar-refractivity contribution is 0.102. The third-order valence-corrected chi connectivity index (χ3v) is 5.54. The van der Waals surface area contributed by atoms with Gasteiger partial charge >= 0.3 is 6.03 Å².